The average molecular weight is 1200 g/mol. The Morgan fingerprint density at radius 1 is 0.882 bits per heavy atom. The minimum Gasteiger partial charge on any atom is -0.476 e. The van der Waals surface area contributed by atoms with Crippen LogP contribution < -0.4 is 15.5 Å². The number of amides is 5. The molecule has 21 nitrogen and oxygen atoms in total. The van der Waals surface area contributed by atoms with E-state index < -0.39 is 51.3 Å². The molecule has 4 N–H and O–H groups in total. The number of pyridine rings is 1. The number of nitrogens with one attached hydrogen (secondary N) is 2. The lowest BCUT2D eigenvalue weighted by Gasteiger charge is -2.69. The number of imide groups is 1. The molecule has 85 heavy (non-hydrogen) atoms. The first-order chi connectivity index (χ1) is 40.5. The lowest BCUT2D eigenvalue weighted by atomic mass is 9.39. The maximum absolute atomic E-state index is 13.8. The number of anilines is 2. The Labute approximate surface area is 496 Å². The number of aryl methyl sites for hydroxylation is 1. The van der Waals surface area contributed by atoms with E-state index >= 15 is 0 Å². The van der Waals surface area contributed by atoms with Gasteiger partial charge in [0.1, 0.15) is 19.0 Å². The quantitative estimate of drug-likeness (QED) is 0.0267. The Morgan fingerprint density at radius 2 is 1.66 bits per heavy atom. The number of thiazole rings is 1. The zero-order valence-electron chi connectivity index (χ0n) is 47.7. The maximum Gasteiger partial charge on any atom is 0.410 e. The highest BCUT2D eigenvalue weighted by Gasteiger charge is 2.66. The van der Waals surface area contributed by atoms with Crippen LogP contribution in [0.4, 0.5) is 15.7 Å². The van der Waals surface area contributed by atoms with Crippen molar-refractivity contribution < 1.29 is 56.3 Å². The Bertz CT molecular complexity index is 3700. The number of carbonyl (C=O) groups excluding carboxylic acids is 5. The molecule has 6 aromatic rings. The number of hydrogen-bond donors (Lipinski definition) is 4. The van der Waals surface area contributed by atoms with E-state index in [0.29, 0.717) is 78.6 Å². The molecule has 3 aromatic heterocycles. The number of rotatable bonds is 23. The van der Waals surface area contributed by atoms with Crippen molar-refractivity contribution in [2.75, 3.05) is 55.3 Å². The summed E-state index contributed by atoms with van der Waals surface area (Å²) in [7, 11) is -4.42. The number of para-hydroxylation sites is 1. The van der Waals surface area contributed by atoms with E-state index in [2.05, 4.69) is 35.5 Å². The highest BCUT2D eigenvalue weighted by Crippen LogP contribution is 2.72. The number of unbranched alkanes of at least 4 members (excludes halogenated alkanes) is 1. The molecule has 3 aromatic carbocycles. The van der Waals surface area contributed by atoms with Gasteiger partial charge in [0, 0.05) is 73.8 Å². The third-order valence-corrected chi connectivity index (χ3v) is 19.0. The minimum atomic E-state index is -4.42. The van der Waals surface area contributed by atoms with E-state index in [4.69, 9.17) is 19.6 Å². The van der Waals surface area contributed by atoms with Gasteiger partial charge in [-0.3, -0.25) is 38.6 Å². The van der Waals surface area contributed by atoms with Crippen LogP contribution >= 0.6 is 11.3 Å². The van der Waals surface area contributed by atoms with Crippen molar-refractivity contribution in [3.63, 3.8) is 0 Å². The topological polar surface area (TPSA) is 273 Å². The molecule has 1 radical (unpaired) electrons. The van der Waals surface area contributed by atoms with Gasteiger partial charge in [0.15, 0.2) is 10.8 Å². The molecule has 445 valence electrons. The van der Waals surface area contributed by atoms with E-state index in [1.54, 1.807) is 30.5 Å². The highest BCUT2D eigenvalue weighted by molar-refractivity contribution is 7.85. The van der Waals surface area contributed by atoms with E-state index in [1.165, 1.54) is 16.2 Å². The zero-order chi connectivity index (χ0) is 59.9. The molecule has 5 heterocycles. The summed E-state index contributed by atoms with van der Waals surface area (Å²) in [6.45, 7) is 7.81. The van der Waals surface area contributed by atoms with Crippen LogP contribution in [0, 0.1) is 29.2 Å². The summed E-state index contributed by atoms with van der Waals surface area (Å²) in [5.74, 6) is -3.08. The molecule has 2 atom stereocenters. The van der Waals surface area contributed by atoms with Crippen LogP contribution in [-0.2, 0) is 66.5 Å². The van der Waals surface area contributed by atoms with Gasteiger partial charge in [-0.05, 0) is 146 Å². The van der Waals surface area contributed by atoms with Crippen molar-refractivity contribution in [3.8, 4) is 11.1 Å². The average Bonchev–Trinajstić information content (AvgIpc) is 1.37. The van der Waals surface area contributed by atoms with Gasteiger partial charge in [-0.25, -0.2) is 19.6 Å². The first-order valence-corrected chi connectivity index (χ1v) is 31.1. The molecular formula is C62H68N9O12S2. The monoisotopic (exact) mass is 1190 g/mol. The number of nitrogens with zero attached hydrogens (tertiary/aromatic N) is 7. The van der Waals surface area contributed by atoms with Crippen LogP contribution in [0.25, 0.3) is 21.3 Å². The Balaban J connectivity index is 0.713. The number of ether oxygens (including phenoxy) is 2. The lowest BCUT2D eigenvalue weighted by Crippen LogP contribution is -2.64. The number of benzene rings is 3. The van der Waals surface area contributed by atoms with Gasteiger partial charge in [-0.2, -0.15) is 13.5 Å². The van der Waals surface area contributed by atoms with Crippen LogP contribution in [0.3, 0.4) is 0 Å². The zero-order valence-corrected chi connectivity index (χ0v) is 49.4. The number of hydrogen-bond acceptors (Lipinski definition) is 15. The van der Waals surface area contributed by atoms with Gasteiger partial charge >= 0.3 is 12.1 Å². The van der Waals surface area contributed by atoms with E-state index in [-0.39, 0.29) is 60.7 Å². The summed E-state index contributed by atoms with van der Waals surface area (Å²) in [6, 6.07) is 25.7. The number of aromatic carboxylic acids is 1. The van der Waals surface area contributed by atoms with Crippen LogP contribution in [0.1, 0.15) is 114 Å². The van der Waals surface area contributed by atoms with Crippen molar-refractivity contribution in [2.24, 2.45) is 16.2 Å². The van der Waals surface area contributed by atoms with Gasteiger partial charge in [0.05, 0.1) is 34.4 Å². The summed E-state index contributed by atoms with van der Waals surface area (Å²) in [4.78, 5) is 89.6. The van der Waals surface area contributed by atoms with Crippen LogP contribution in [0.2, 0.25) is 0 Å². The molecule has 2 unspecified atom stereocenters. The molecule has 4 aliphatic carbocycles. The molecule has 4 fully saturated rings. The van der Waals surface area contributed by atoms with Crippen LogP contribution in [0.15, 0.2) is 91.1 Å². The van der Waals surface area contributed by atoms with Gasteiger partial charge < -0.3 is 29.7 Å². The second-order valence-corrected chi connectivity index (χ2v) is 27.0. The molecule has 6 aliphatic rings. The normalized spacial score (nSPS) is 22.3. The fraction of sp³-hybridized carbons (Fsp3) is 0.435. The largest absolute Gasteiger partial charge is 0.476 e. The fourth-order valence-electron chi connectivity index (χ4n) is 14.7. The Morgan fingerprint density at radius 3 is 2.39 bits per heavy atom. The van der Waals surface area contributed by atoms with E-state index in [0.717, 1.165) is 94.6 Å². The molecule has 23 heteroatoms. The predicted molar refractivity (Wildman–Crippen MR) is 316 cm³/mol. The maximum atomic E-state index is 13.8. The number of carbonyl (C=O) groups is 6. The molecule has 0 spiro atoms. The number of fused-ring (bicyclic) bond motifs is 2. The first-order valence-electron chi connectivity index (χ1n) is 28.7. The highest BCUT2D eigenvalue weighted by atomic mass is 32.2. The third kappa shape index (κ3) is 13.2. The third-order valence-electron chi connectivity index (χ3n) is 17.3. The summed E-state index contributed by atoms with van der Waals surface area (Å²) < 4.78 is 49.2. The smallest absolute Gasteiger partial charge is 0.410 e. The van der Waals surface area contributed by atoms with E-state index in [1.807, 2.05) is 65.0 Å². The minimum absolute atomic E-state index is 0.0146. The molecule has 4 bridgehead atoms. The van der Waals surface area contributed by atoms with Crippen LogP contribution in [-0.4, -0.2) is 134 Å². The predicted octanol–water partition coefficient (Wildman–Crippen LogP) is 8.20. The van der Waals surface area contributed by atoms with Crippen molar-refractivity contribution in [2.45, 2.75) is 110 Å². The van der Waals surface area contributed by atoms with Gasteiger partial charge in [0.25, 0.3) is 27.8 Å². The summed E-state index contributed by atoms with van der Waals surface area (Å²) in [6.07, 6.45) is 11.2. The molecule has 0 saturated heterocycles. The van der Waals surface area contributed by atoms with Gasteiger partial charge in [0.2, 0.25) is 5.91 Å². The number of carboxylic acid groups (broad SMARTS) is 1. The second-order valence-electron chi connectivity index (χ2n) is 24.4. The van der Waals surface area contributed by atoms with Crippen LogP contribution in [0.5, 0.6) is 0 Å². The second kappa shape index (κ2) is 23.5. The fourth-order valence-corrected chi connectivity index (χ4v) is 16.1. The summed E-state index contributed by atoms with van der Waals surface area (Å²) in [5, 5.41) is 21.8. The van der Waals surface area contributed by atoms with Gasteiger partial charge in [-0.15, -0.1) is 0 Å². The SMILES string of the molecule is Cc1c(-c2ccc(N3CCc4cccc(C(=O)Nc5nc6ccccc6s5)c4C3)nc2C(=O)O)cnn1CC12CC3(C)CC(C)(C1)CC(OCCN(CCS(=O)(=O)O)C(=O)OCc1[c]cc(CCCCNC(=O)CN4C(=O)C=CC4=O)cc1)(C3)C2. The number of aromatic nitrogens is 4. The van der Waals surface area contributed by atoms with E-state index in [9.17, 15) is 46.8 Å². The van der Waals surface area contributed by atoms with Gasteiger partial charge in [-0.1, -0.05) is 67.6 Å². The molecule has 4 saturated carbocycles. The summed E-state index contributed by atoms with van der Waals surface area (Å²) >= 11 is 1.41. The lowest BCUT2D eigenvalue weighted by molar-refractivity contribution is -0.248. The molecular weight excluding hydrogens is 1130 g/mol. The van der Waals surface area contributed by atoms with Crippen molar-refractivity contribution in [1.29, 1.82) is 0 Å². The summed E-state index contributed by atoms with van der Waals surface area (Å²) in [5.41, 5.74) is 5.70. The Kier molecular flexibility index (Phi) is 16.3. The van der Waals surface area contributed by atoms with Crippen molar-refractivity contribution in [3.05, 3.63) is 136 Å². The van der Waals surface area contributed by atoms with Crippen molar-refractivity contribution in [1.82, 2.24) is 34.9 Å². The number of carboxylic acids is 1. The van der Waals surface area contributed by atoms with Crippen molar-refractivity contribution >= 4 is 78.3 Å². The Hall–Kier alpha value is -7.86. The standard InChI is InChI=1S/C62H68N9O12S2/c1-40-46(44-18-19-50(66-54(44)56(76)77)69-24-22-43-10-8-11-45(47(43)30-69)55(75)67-57-65-48-12-4-5-13-49(48)84-57)29-64-71(40)39-61-34-59(2)33-60(3,35-61)37-62(36-59,38-61)83-27-25-68(26-28-85(79,80)81)58(78)82-32-42-16-14-41(15-17-42)9-6-7-23-63-51(72)31-70-52(73)20-21-53(70)74/h4-5,8,10-16,18-21,29H,6-7,9,22-28,30-39H2,1-3H3,(H,63,72)(H,76,77)(H,65,67,75)(H,79,80,81). The molecule has 2 aliphatic heterocycles. The first kappa shape index (κ1) is 58.9. The molecule has 12 rings (SSSR count). The molecule has 5 amide bonds.